The zero-order valence-corrected chi connectivity index (χ0v) is 9.96. The van der Waals surface area contributed by atoms with Crippen LogP contribution >= 0.6 is 11.8 Å². The molecule has 1 unspecified atom stereocenters. The van der Waals surface area contributed by atoms with Gasteiger partial charge in [0.15, 0.2) is 0 Å². The van der Waals surface area contributed by atoms with E-state index in [9.17, 15) is 4.79 Å². The lowest BCUT2D eigenvalue weighted by Crippen LogP contribution is -2.30. The van der Waals surface area contributed by atoms with Crippen molar-refractivity contribution in [1.82, 2.24) is 10.4 Å². The predicted molar refractivity (Wildman–Crippen MR) is 65.5 cm³/mol. The molecule has 0 fully saturated rings. The SMILES string of the molecule is CC(CCC(=O)NN)Sc1ncccc1N. The monoisotopic (exact) mass is 240 g/mol. The molecule has 0 spiro atoms. The Kier molecular flexibility index (Phi) is 5.07. The number of nitrogen functional groups attached to an aromatic ring is 1. The average molecular weight is 240 g/mol. The molecular formula is C10H16N4OS. The van der Waals surface area contributed by atoms with Gasteiger partial charge in [-0.05, 0) is 18.6 Å². The highest BCUT2D eigenvalue weighted by atomic mass is 32.2. The van der Waals surface area contributed by atoms with E-state index in [0.717, 1.165) is 11.4 Å². The van der Waals surface area contributed by atoms with E-state index in [1.807, 2.05) is 13.0 Å². The maximum Gasteiger partial charge on any atom is 0.233 e. The van der Waals surface area contributed by atoms with Crippen LogP contribution in [0.2, 0.25) is 0 Å². The number of hydrazine groups is 1. The van der Waals surface area contributed by atoms with Crippen molar-refractivity contribution in [2.75, 3.05) is 5.73 Å². The smallest absolute Gasteiger partial charge is 0.233 e. The van der Waals surface area contributed by atoms with Crippen molar-refractivity contribution in [3.8, 4) is 0 Å². The number of carbonyl (C=O) groups excluding carboxylic acids is 1. The van der Waals surface area contributed by atoms with Gasteiger partial charge in [0.25, 0.3) is 0 Å². The van der Waals surface area contributed by atoms with Crippen LogP contribution in [0.3, 0.4) is 0 Å². The topological polar surface area (TPSA) is 94.0 Å². The summed E-state index contributed by atoms with van der Waals surface area (Å²) in [5.41, 5.74) is 8.54. The van der Waals surface area contributed by atoms with Gasteiger partial charge in [-0.2, -0.15) is 0 Å². The molecule has 0 saturated heterocycles. The summed E-state index contributed by atoms with van der Waals surface area (Å²) in [5.74, 6) is 4.84. The van der Waals surface area contributed by atoms with E-state index in [1.54, 1.807) is 24.0 Å². The van der Waals surface area contributed by atoms with E-state index in [2.05, 4.69) is 10.4 Å². The molecule has 0 radical (unpaired) electrons. The van der Waals surface area contributed by atoms with Crippen LogP contribution in [0.15, 0.2) is 23.4 Å². The Bertz CT molecular complexity index is 358. The van der Waals surface area contributed by atoms with E-state index in [0.29, 0.717) is 12.1 Å². The van der Waals surface area contributed by atoms with E-state index < -0.39 is 0 Å². The summed E-state index contributed by atoms with van der Waals surface area (Å²) >= 11 is 1.57. The molecule has 1 atom stereocenters. The van der Waals surface area contributed by atoms with Crippen LogP contribution in [-0.4, -0.2) is 16.1 Å². The molecule has 0 bridgehead atoms. The van der Waals surface area contributed by atoms with Gasteiger partial charge in [-0.15, -0.1) is 11.8 Å². The van der Waals surface area contributed by atoms with Crippen LogP contribution in [0.25, 0.3) is 0 Å². The number of anilines is 1. The average Bonchev–Trinajstić information content (AvgIpc) is 2.29. The molecule has 0 aromatic carbocycles. The van der Waals surface area contributed by atoms with Gasteiger partial charge >= 0.3 is 0 Å². The third-order valence-electron chi connectivity index (χ3n) is 2.05. The third-order valence-corrected chi connectivity index (χ3v) is 3.25. The van der Waals surface area contributed by atoms with Crippen molar-refractivity contribution in [3.63, 3.8) is 0 Å². The van der Waals surface area contributed by atoms with Crippen LogP contribution < -0.4 is 17.0 Å². The Morgan fingerprint density at radius 3 is 3.06 bits per heavy atom. The van der Waals surface area contributed by atoms with Gasteiger partial charge in [0.05, 0.1) is 5.69 Å². The molecule has 0 aliphatic heterocycles. The van der Waals surface area contributed by atoms with Gasteiger partial charge in [0, 0.05) is 17.9 Å². The fourth-order valence-electron chi connectivity index (χ4n) is 1.16. The lowest BCUT2D eigenvalue weighted by atomic mass is 10.2. The van der Waals surface area contributed by atoms with E-state index in [4.69, 9.17) is 11.6 Å². The van der Waals surface area contributed by atoms with Crippen molar-refractivity contribution < 1.29 is 4.79 Å². The van der Waals surface area contributed by atoms with Crippen molar-refractivity contribution in [2.24, 2.45) is 5.84 Å². The maximum atomic E-state index is 10.9. The fourth-order valence-corrected chi connectivity index (χ4v) is 2.10. The predicted octanol–water partition coefficient (Wildman–Crippen LogP) is 0.914. The van der Waals surface area contributed by atoms with Gasteiger partial charge in [0.2, 0.25) is 5.91 Å². The van der Waals surface area contributed by atoms with Crippen LogP contribution in [0.4, 0.5) is 5.69 Å². The van der Waals surface area contributed by atoms with Crippen molar-refractivity contribution in [2.45, 2.75) is 30.0 Å². The first-order valence-corrected chi connectivity index (χ1v) is 5.88. The molecule has 0 aliphatic rings. The van der Waals surface area contributed by atoms with Crippen molar-refractivity contribution in [3.05, 3.63) is 18.3 Å². The highest BCUT2D eigenvalue weighted by molar-refractivity contribution is 8.00. The van der Waals surface area contributed by atoms with Gasteiger partial charge < -0.3 is 5.73 Å². The van der Waals surface area contributed by atoms with Crippen LogP contribution in [0.5, 0.6) is 0 Å². The summed E-state index contributed by atoms with van der Waals surface area (Å²) in [6, 6.07) is 3.61. The Morgan fingerprint density at radius 1 is 1.69 bits per heavy atom. The quantitative estimate of drug-likeness (QED) is 0.308. The first kappa shape index (κ1) is 12.8. The minimum atomic E-state index is -0.151. The van der Waals surface area contributed by atoms with Gasteiger partial charge in [-0.25, -0.2) is 10.8 Å². The van der Waals surface area contributed by atoms with Gasteiger partial charge in [0.1, 0.15) is 5.03 Å². The second kappa shape index (κ2) is 6.34. The Hall–Kier alpha value is -1.27. The fraction of sp³-hybridized carbons (Fsp3) is 0.400. The zero-order chi connectivity index (χ0) is 12.0. The van der Waals surface area contributed by atoms with E-state index in [1.165, 1.54) is 0 Å². The molecule has 1 aromatic heterocycles. The molecule has 1 heterocycles. The first-order valence-electron chi connectivity index (χ1n) is 5.00. The maximum absolute atomic E-state index is 10.9. The van der Waals surface area contributed by atoms with Crippen LogP contribution in [0.1, 0.15) is 19.8 Å². The zero-order valence-electron chi connectivity index (χ0n) is 9.14. The Balaban J connectivity index is 2.43. The second-order valence-electron chi connectivity index (χ2n) is 3.43. The molecule has 0 saturated carbocycles. The largest absolute Gasteiger partial charge is 0.397 e. The Morgan fingerprint density at radius 2 is 2.44 bits per heavy atom. The number of hydrogen-bond acceptors (Lipinski definition) is 5. The molecule has 5 N–H and O–H groups in total. The van der Waals surface area contributed by atoms with Crippen LogP contribution in [0, 0.1) is 0 Å². The number of aromatic nitrogens is 1. The van der Waals surface area contributed by atoms with Gasteiger partial charge in [-0.1, -0.05) is 6.92 Å². The first-order chi connectivity index (χ1) is 7.63. The number of carbonyl (C=O) groups is 1. The molecule has 5 nitrogen and oxygen atoms in total. The highest BCUT2D eigenvalue weighted by Gasteiger charge is 2.09. The van der Waals surface area contributed by atoms with E-state index >= 15 is 0 Å². The molecule has 1 amide bonds. The summed E-state index contributed by atoms with van der Waals surface area (Å²) in [6.45, 7) is 2.03. The summed E-state index contributed by atoms with van der Waals surface area (Å²) in [6.07, 6.45) is 2.86. The summed E-state index contributed by atoms with van der Waals surface area (Å²) in [4.78, 5) is 15.1. The number of nitrogens with two attached hydrogens (primary N) is 2. The summed E-state index contributed by atoms with van der Waals surface area (Å²) in [5, 5.41) is 1.08. The summed E-state index contributed by atoms with van der Waals surface area (Å²) in [7, 11) is 0. The number of nitrogens with zero attached hydrogens (tertiary/aromatic N) is 1. The molecular weight excluding hydrogens is 224 g/mol. The molecule has 16 heavy (non-hydrogen) atoms. The van der Waals surface area contributed by atoms with Crippen LogP contribution in [-0.2, 0) is 4.79 Å². The molecule has 0 aliphatic carbocycles. The van der Waals surface area contributed by atoms with Crippen molar-refractivity contribution >= 4 is 23.4 Å². The number of amides is 1. The molecule has 88 valence electrons. The normalized spacial score (nSPS) is 12.1. The number of hydrogen-bond donors (Lipinski definition) is 3. The lowest BCUT2D eigenvalue weighted by molar-refractivity contribution is -0.121. The molecule has 6 heteroatoms. The second-order valence-corrected chi connectivity index (χ2v) is 4.86. The van der Waals surface area contributed by atoms with Gasteiger partial charge in [-0.3, -0.25) is 10.2 Å². The third kappa shape index (κ3) is 4.08. The lowest BCUT2D eigenvalue weighted by Gasteiger charge is -2.10. The number of pyridine rings is 1. The number of nitrogens with one attached hydrogen (secondary N) is 1. The number of thioether (sulfide) groups is 1. The summed E-state index contributed by atoms with van der Waals surface area (Å²) < 4.78 is 0. The minimum absolute atomic E-state index is 0.151. The standard InChI is InChI=1S/C10H16N4OS/c1-7(4-5-9(15)14-12)16-10-8(11)3-2-6-13-10/h2-3,6-7H,4-5,11-12H2,1H3,(H,14,15). The minimum Gasteiger partial charge on any atom is -0.397 e. The highest BCUT2D eigenvalue weighted by Crippen LogP contribution is 2.28. The van der Waals surface area contributed by atoms with Crippen molar-refractivity contribution in [1.29, 1.82) is 0 Å². The number of rotatable bonds is 5. The molecule has 1 aromatic rings. The Labute approximate surface area is 99.0 Å². The molecule has 1 rings (SSSR count). The van der Waals surface area contributed by atoms with E-state index in [-0.39, 0.29) is 11.2 Å².